The van der Waals surface area contributed by atoms with Crippen LogP contribution in [-0.2, 0) is 9.59 Å². The number of nitrogens with one attached hydrogen (secondary N) is 2. The van der Waals surface area contributed by atoms with Gasteiger partial charge in [-0.15, -0.1) is 0 Å². The van der Waals surface area contributed by atoms with Gasteiger partial charge in [0.2, 0.25) is 11.8 Å². The topological polar surface area (TPSA) is 61.4 Å². The monoisotopic (exact) mass is 255 g/mol. The van der Waals surface area contributed by atoms with Gasteiger partial charge in [-0.1, -0.05) is 19.3 Å². The van der Waals surface area contributed by atoms with E-state index >= 15 is 0 Å². The molecule has 0 radical (unpaired) electrons. The summed E-state index contributed by atoms with van der Waals surface area (Å²) in [4.78, 5) is 25.2. The van der Waals surface area contributed by atoms with Gasteiger partial charge in [0, 0.05) is 26.1 Å². The molecule has 0 unspecified atom stereocenters. The van der Waals surface area contributed by atoms with E-state index in [4.69, 9.17) is 0 Å². The van der Waals surface area contributed by atoms with Gasteiger partial charge < -0.3 is 15.5 Å². The van der Waals surface area contributed by atoms with Crippen molar-refractivity contribution in [1.82, 2.24) is 15.5 Å². The van der Waals surface area contributed by atoms with Gasteiger partial charge in [-0.2, -0.15) is 0 Å². The number of carbonyl (C=O) groups is 2. The third-order valence-corrected chi connectivity index (χ3v) is 3.51. The molecule has 0 aromatic rings. The minimum Gasteiger partial charge on any atom is -0.347 e. The standard InChI is InChI=1S/C13H25N3O2/c1-14-8-9-16(2)12(17)10-15-13(18)11-6-4-3-5-7-11/h11,14H,3-10H2,1-2H3,(H,15,18). The maximum Gasteiger partial charge on any atom is 0.241 e. The molecule has 0 bridgehead atoms. The first-order valence-corrected chi connectivity index (χ1v) is 6.81. The van der Waals surface area contributed by atoms with E-state index in [9.17, 15) is 9.59 Å². The van der Waals surface area contributed by atoms with Crippen LogP contribution in [0, 0.1) is 5.92 Å². The molecule has 5 heteroatoms. The second-order valence-corrected chi connectivity index (χ2v) is 4.97. The second-order valence-electron chi connectivity index (χ2n) is 4.97. The van der Waals surface area contributed by atoms with Crippen LogP contribution in [0.15, 0.2) is 0 Å². The van der Waals surface area contributed by atoms with Crippen LogP contribution < -0.4 is 10.6 Å². The Morgan fingerprint density at radius 3 is 2.50 bits per heavy atom. The zero-order chi connectivity index (χ0) is 13.4. The molecule has 2 amide bonds. The number of amides is 2. The van der Waals surface area contributed by atoms with Crippen molar-refractivity contribution in [2.75, 3.05) is 33.7 Å². The van der Waals surface area contributed by atoms with Crippen molar-refractivity contribution in [2.45, 2.75) is 32.1 Å². The van der Waals surface area contributed by atoms with Crippen molar-refractivity contribution in [3.63, 3.8) is 0 Å². The van der Waals surface area contributed by atoms with Gasteiger partial charge in [0.1, 0.15) is 0 Å². The molecule has 0 saturated heterocycles. The fourth-order valence-electron chi connectivity index (χ4n) is 2.21. The number of hydrogen-bond donors (Lipinski definition) is 2. The van der Waals surface area contributed by atoms with Crippen LogP contribution in [0.25, 0.3) is 0 Å². The summed E-state index contributed by atoms with van der Waals surface area (Å²) in [6.07, 6.45) is 5.43. The number of carbonyl (C=O) groups excluding carboxylic acids is 2. The first-order valence-electron chi connectivity index (χ1n) is 6.81. The van der Waals surface area contributed by atoms with Crippen molar-refractivity contribution in [1.29, 1.82) is 0 Å². The summed E-state index contributed by atoms with van der Waals surface area (Å²) < 4.78 is 0. The van der Waals surface area contributed by atoms with Gasteiger partial charge in [0.15, 0.2) is 0 Å². The molecule has 0 atom stereocenters. The summed E-state index contributed by atoms with van der Waals surface area (Å²) in [7, 11) is 3.61. The van der Waals surface area contributed by atoms with Crippen molar-refractivity contribution in [3.05, 3.63) is 0 Å². The Balaban J connectivity index is 2.22. The van der Waals surface area contributed by atoms with Crippen molar-refractivity contribution >= 4 is 11.8 Å². The van der Waals surface area contributed by atoms with E-state index in [-0.39, 0.29) is 24.3 Å². The maximum atomic E-state index is 11.8. The van der Waals surface area contributed by atoms with Gasteiger partial charge in [-0.3, -0.25) is 9.59 Å². The molecule has 18 heavy (non-hydrogen) atoms. The normalized spacial score (nSPS) is 16.3. The highest BCUT2D eigenvalue weighted by atomic mass is 16.2. The second kappa shape index (κ2) is 8.08. The first-order chi connectivity index (χ1) is 8.65. The molecule has 1 fully saturated rings. The Hall–Kier alpha value is -1.10. The zero-order valence-corrected chi connectivity index (χ0v) is 11.5. The van der Waals surface area contributed by atoms with E-state index in [0.29, 0.717) is 6.54 Å². The smallest absolute Gasteiger partial charge is 0.241 e. The third kappa shape index (κ3) is 5.04. The van der Waals surface area contributed by atoms with Crippen LogP contribution in [0.5, 0.6) is 0 Å². The van der Waals surface area contributed by atoms with Crippen LogP contribution >= 0.6 is 0 Å². The lowest BCUT2D eigenvalue weighted by atomic mass is 9.89. The number of nitrogens with zero attached hydrogens (tertiary/aromatic N) is 1. The van der Waals surface area contributed by atoms with Gasteiger partial charge in [0.25, 0.3) is 0 Å². The largest absolute Gasteiger partial charge is 0.347 e. The Kier molecular flexibility index (Phi) is 6.72. The van der Waals surface area contributed by atoms with Gasteiger partial charge in [-0.05, 0) is 19.9 Å². The van der Waals surface area contributed by atoms with Gasteiger partial charge in [0.05, 0.1) is 6.54 Å². The average molecular weight is 255 g/mol. The van der Waals surface area contributed by atoms with Crippen LogP contribution in [0.3, 0.4) is 0 Å². The summed E-state index contributed by atoms with van der Waals surface area (Å²) in [5.41, 5.74) is 0. The van der Waals surface area contributed by atoms with Crippen molar-refractivity contribution in [2.24, 2.45) is 5.92 Å². The maximum absolute atomic E-state index is 11.8. The van der Waals surface area contributed by atoms with Gasteiger partial charge >= 0.3 is 0 Å². The molecule has 1 saturated carbocycles. The predicted molar refractivity (Wildman–Crippen MR) is 71.1 cm³/mol. The third-order valence-electron chi connectivity index (χ3n) is 3.51. The van der Waals surface area contributed by atoms with E-state index in [0.717, 1.165) is 32.2 Å². The summed E-state index contributed by atoms with van der Waals surface area (Å²) in [5, 5.41) is 5.75. The molecule has 0 aromatic carbocycles. The highest BCUT2D eigenvalue weighted by molar-refractivity contribution is 5.85. The lowest BCUT2D eigenvalue weighted by Crippen LogP contribution is -2.42. The molecular formula is C13H25N3O2. The van der Waals surface area contributed by atoms with E-state index in [1.54, 1.807) is 11.9 Å². The van der Waals surface area contributed by atoms with E-state index in [1.165, 1.54) is 6.42 Å². The van der Waals surface area contributed by atoms with Crippen molar-refractivity contribution < 1.29 is 9.59 Å². The van der Waals surface area contributed by atoms with Crippen LogP contribution in [0.4, 0.5) is 0 Å². The molecule has 1 aliphatic carbocycles. The summed E-state index contributed by atoms with van der Waals surface area (Å²) >= 11 is 0. The van der Waals surface area contributed by atoms with E-state index in [2.05, 4.69) is 10.6 Å². The molecule has 1 aliphatic rings. The molecular weight excluding hydrogens is 230 g/mol. The Labute approximate surface area is 109 Å². The molecule has 0 heterocycles. The fraction of sp³-hybridized carbons (Fsp3) is 0.846. The molecule has 104 valence electrons. The number of hydrogen-bond acceptors (Lipinski definition) is 3. The minimum atomic E-state index is -0.0330. The average Bonchev–Trinajstić information content (AvgIpc) is 2.42. The van der Waals surface area contributed by atoms with Gasteiger partial charge in [-0.25, -0.2) is 0 Å². The fourth-order valence-corrected chi connectivity index (χ4v) is 2.21. The summed E-state index contributed by atoms with van der Waals surface area (Å²) in [6, 6.07) is 0. The lowest BCUT2D eigenvalue weighted by molar-refractivity contribution is -0.133. The lowest BCUT2D eigenvalue weighted by Gasteiger charge is -2.22. The van der Waals surface area contributed by atoms with E-state index < -0.39 is 0 Å². The first kappa shape index (κ1) is 15.0. The minimum absolute atomic E-state index is 0.0330. The quantitative estimate of drug-likeness (QED) is 0.720. The predicted octanol–water partition coefficient (Wildman–Crippen LogP) is 0.361. The van der Waals surface area contributed by atoms with Crippen LogP contribution in [0.1, 0.15) is 32.1 Å². The van der Waals surface area contributed by atoms with E-state index in [1.807, 2.05) is 7.05 Å². The number of rotatable bonds is 6. The molecule has 2 N–H and O–H groups in total. The molecule has 1 rings (SSSR count). The highest BCUT2D eigenvalue weighted by Gasteiger charge is 2.21. The Morgan fingerprint density at radius 1 is 1.22 bits per heavy atom. The molecule has 0 spiro atoms. The Bertz CT molecular complexity index is 275. The molecule has 5 nitrogen and oxygen atoms in total. The Morgan fingerprint density at radius 2 is 1.89 bits per heavy atom. The molecule has 0 aliphatic heterocycles. The summed E-state index contributed by atoms with van der Waals surface area (Å²) in [6.45, 7) is 1.54. The van der Waals surface area contributed by atoms with Crippen LogP contribution in [0.2, 0.25) is 0 Å². The van der Waals surface area contributed by atoms with Crippen molar-refractivity contribution in [3.8, 4) is 0 Å². The number of likely N-dealkylation sites (N-methyl/N-ethyl adjacent to an activating group) is 2. The zero-order valence-electron chi connectivity index (χ0n) is 11.5. The molecule has 0 aromatic heterocycles. The highest BCUT2D eigenvalue weighted by Crippen LogP contribution is 2.23. The SMILES string of the molecule is CNCCN(C)C(=O)CNC(=O)C1CCCCC1. The van der Waals surface area contributed by atoms with Crippen LogP contribution in [-0.4, -0.2) is 50.4 Å². The summed E-state index contributed by atoms with van der Waals surface area (Å²) in [5.74, 6) is 0.133.